The largest absolute Gasteiger partial charge is 0.494 e. The molecule has 0 saturated carbocycles. The summed E-state index contributed by atoms with van der Waals surface area (Å²) in [7, 11) is 4.02. The molecule has 3 rings (SSSR count). The lowest BCUT2D eigenvalue weighted by Crippen LogP contribution is -2.16. The fraction of sp³-hybridized carbons (Fsp3) is 0.273. The lowest BCUT2D eigenvalue weighted by Gasteiger charge is -2.14. The van der Waals surface area contributed by atoms with Crippen LogP contribution < -0.4 is 10.1 Å². The van der Waals surface area contributed by atoms with Gasteiger partial charge in [0, 0.05) is 17.8 Å². The van der Waals surface area contributed by atoms with Crippen molar-refractivity contribution in [3.05, 3.63) is 64.7 Å². The highest BCUT2D eigenvalue weighted by molar-refractivity contribution is 7.17. The van der Waals surface area contributed by atoms with Crippen molar-refractivity contribution >= 4 is 22.9 Å². The van der Waals surface area contributed by atoms with E-state index in [1.165, 1.54) is 11.3 Å². The number of aryl methyl sites for hydroxylation is 1. The molecule has 0 atom stereocenters. The topological polar surface area (TPSA) is 54.5 Å². The number of nitrogens with one attached hydrogen (secondary N) is 1. The third-order valence-corrected chi connectivity index (χ3v) is 5.37. The van der Waals surface area contributed by atoms with Crippen molar-refractivity contribution < 1.29 is 9.53 Å². The van der Waals surface area contributed by atoms with Crippen molar-refractivity contribution in [2.75, 3.05) is 26.0 Å². The van der Waals surface area contributed by atoms with Crippen LogP contribution in [0.3, 0.4) is 0 Å². The summed E-state index contributed by atoms with van der Waals surface area (Å²) < 4.78 is 5.48. The SMILES string of the molecule is CCOc1ccc(-c2nc(C)c(C(=O)Nc3ccccc3CN(C)C)s2)cc1. The molecule has 28 heavy (non-hydrogen) atoms. The summed E-state index contributed by atoms with van der Waals surface area (Å²) in [6.07, 6.45) is 0. The summed E-state index contributed by atoms with van der Waals surface area (Å²) >= 11 is 1.40. The lowest BCUT2D eigenvalue weighted by molar-refractivity contribution is 0.102. The summed E-state index contributed by atoms with van der Waals surface area (Å²) in [6.45, 7) is 5.22. The van der Waals surface area contributed by atoms with Gasteiger partial charge in [-0.25, -0.2) is 4.98 Å². The highest BCUT2D eigenvalue weighted by Gasteiger charge is 2.17. The smallest absolute Gasteiger partial charge is 0.267 e. The van der Waals surface area contributed by atoms with Gasteiger partial charge in [0.1, 0.15) is 15.6 Å². The summed E-state index contributed by atoms with van der Waals surface area (Å²) in [5, 5.41) is 3.87. The molecule has 1 heterocycles. The predicted molar refractivity (Wildman–Crippen MR) is 115 cm³/mol. The van der Waals surface area contributed by atoms with Crippen molar-refractivity contribution in [1.29, 1.82) is 0 Å². The Morgan fingerprint density at radius 3 is 2.54 bits per heavy atom. The zero-order valence-corrected chi connectivity index (χ0v) is 17.5. The maximum atomic E-state index is 12.9. The quantitative estimate of drug-likeness (QED) is 0.622. The van der Waals surface area contributed by atoms with Crippen molar-refractivity contribution in [2.45, 2.75) is 20.4 Å². The van der Waals surface area contributed by atoms with Gasteiger partial charge in [0.15, 0.2) is 0 Å². The van der Waals surface area contributed by atoms with Crippen molar-refractivity contribution in [3.63, 3.8) is 0 Å². The second-order valence-corrected chi connectivity index (χ2v) is 7.74. The van der Waals surface area contributed by atoms with E-state index in [2.05, 4.69) is 15.2 Å². The second-order valence-electron chi connectivity index (χ2n) is 6.74. The van der Waals surface area contributed by atoms with Gasteiger partial charge in [0.2, 0.25) is 0 Å². The first-order valence-corrected chi connectivity index (χ1v) is 10.0. The van der Waals surface area contributed by atoms with Gasteiger partial charge in [0.25, 0.3) is 5.91 Å². The molecular weight excluding hydrogens is 370 g/mol. The molecule has 0 aliphatic heterocycles. The van der Waals surface area contributed by atoms with Crippen LogP contribution in [0.15, 0.2) is 48.5 Å². The molecule has 3 aromatic rings. The third kappa shape index (κ3) is 4.77. The lowest BCUT2D eigenvalue weighted by atomic mass is 10.1. The van der Waals surface area contributed by atoms with Crippen LogP contribution in [0, 0.1) is 6.92 Å². The summed E-state index contributed by atoms with van der Waals surface area (Å²) in [5.74, 6) is 0.702. The molecule has 0 aliphatic carbocycles. The molecule has 2 aromatic carbocycles. The first-order chi connectivity index (χ1) is 13.5. The van der Waals surface area contributed by atoms with Gasteiger partial charge in [0.05, 0.1) is 12.3 Å². The predicted octanol–water partition coefficient (Wildman–Crippen LogP) is 4.83. The number of hydrogen-bond acceptors (Lipinski definition) is 5. The van der Waals surface area contributed by atoms with E-state index >= 15 is 0 Å². The van der Waals surface area contributed by atoms with Crippen molar-refractivity contribution in [2.24, 2.45) is 0 Å². The van der Waals surface area contributed by atoms with E-state index in [4.69, 9.17) is 4.74 Å². The molecule has 1 N–H and O–H groups in total. The molecule has 0 radical (unpaired) electrons. The Kier molecular flexibility index (Phi) is 6.44. The third-order valence-electron chi connectivity index (χ3n) is 4.17. The Balaban J connectivity index is 1.80. The van der Waals surface area contributed by atoms with Crippen LogP contribution in [0.1, 0.15) is 27.9 Å². The average molecular weight is 396 g/mol. The molecule has 1 amide bonds. The average Bonchev–Trinajstić information content (AvgIpc) is 3.06. The Hall–Kier alpha value is -2.70. The van der Waals surface area contributed by atoms with Crippen molar-refractivity contribution in [1.82, 2.24) is 9.88 Å². The molecule has 0 saturated heterocycles. The molecule has 1 aromatic heterocycles. The molecule has 6 heteroatoms. The number of benzene rings is 2. The molecule has 5 nitrogen and oxygen atoms in total. The van der Waals surface area contributed by atoms with Gasteiger partial charge >= 0.3 is 0 Å². The van der Waals surface area contributed by atoms with Gasteiger partial charge in [-0.1, -0.05) is 18.2 Å². The van der Waals surface area contributed by atoms with Gasteiger partial charge in [-0.05, 0) is 63.8 Å². The van der Waals surface area contributed by atoms with Crippen LogP contribution >= 0.6 is 11.3 Å². The molecule has 0 aliphatic rings. The maximum absolute atomic E-state index is 12.9. The van der Waals surface area contributed by atoms with Crippen LogP contribution in [-0.4, -0.2) is 36.5 Å². The summed E-state index contributed by atoms with van der Waals surface area (Å²) in [6, 6.07) is 15.7. The number of hydrogen-bond donors (Lipinski definition) is 1. The molecule has 0 bridgehead atoms. The summed E-state index contributed by atoms with van der Waals surface area (Å²) in [5.41, 5.74) is 3.62. The molecule has 0 unspecified atom stereocenters. The highest BCUT2D eigenvalue weighted by Crippen LogP contribution is 2.30. The Labute approximate surface area is 170 Å². The minimum absolute atomic E-state index is 0.126. The van der Waals surface area contributed by atoms with Crippen LogP contribution in [0.25, 0.3) is 10.6 Å². The minimum atomic E-state index is -0.126. The number of para-hydroxylation sites is 1. The summed E-state index contributed by atoms with van der Waals surface area (Å²) in [4.78, 5) is 20.2. The van der Waals surface area contributed by atoms with E-state index in [9.17, 15) is 4.79 Å². The van der Waals surface area contributed by atoms with E-state index in [1.54, 1.807) is 0 Å². The molecule has 0 spiro atoms. The van der Waals surface area contributed by atoms with Gasteiger partial charge in [-0.3, -0.25) is 4.79 Å². The van der Waals surface area contributed by atoms with E-state index < -0.39 is 0 Å². The molecule has 146 valence electrons. The van der Waals surface area contributed by atoms with Crippen LogP contribution in [-0.2, 0) is 6.54 Å². The maximum Gasteiger partial charge on any atom is 0.267 e. The van der Waals surface area contributed by atoms with E-state index in [0.29, 0.717) is 11.5 Å². The van der Waals surface area contributed by atoms with E-state index in [1.807, 2.05) is 76.5 Å². The van der Waals surface area contributed by atoms with Gasteiger partial charge in [-0.2, -0.15) is 0 Å². The zero-order valence-electron chi connectivity index (χ0n) is 16.7. The number of anilines is 1. The number of carbonyl (C=O) groups is 1. The fourth-order valence-corrected chi connectivity index (χ4v) is 3.86. The number of amides is 1. The number of carbonyl (C=O) groups excluding carboxylic acids is 1. The number of ether oxygens (including phenoxy) is 1. The fourth-order valence-electron chi connectivity index (χ4n) is 2.89. The Morgan fingerprint density at radius 2 is 1.86 bits per heavy atom. The second kappa shape index (κ2) is 8.99. The van der Waals surface area contributed by atoms with Crippen LogP contribution in [0.5, 0.6) is 5.75 Å². The van der Waals surface area contributed by atoms with Crippen molar-refractivity contribution in [3.8, 4) is 16.3 Å². The number of nitrogens with zero attached hydrogens (tertiary/aromatic N) is 2. The standard InChI is InChI=1S/C22H25N3O2S/c1-5-27-18-12-10-16(11-13-18)22-23-15(2)20(28-22)21(26)24-19-9-7-6-8-17(19)14-25(3)4/h6-13H,5,14H2,1-4H3,(H,24,26). The Bertz CT molecular complexity index is 949. The molecular formula is C22H25N3O2S. The zero-order chi connectivity index (χ0) is 20.1. The Morgan fingerprint density at radius 1 is 1.14 bits per heavy atom. The molecule has 0 fully saturated rings. The number of rotatable bonds is 7. The minimum Gasteiger partial charge on any atom is -0.494 e. The number of aromatic nitrogens is 1. The normalized spacial score (nSPS) is 10.9. The number of thiazole rings is 1. The van der Waals surface area contributed by atoms with Crippen LogP contribution in [0.4, 0.5) is 5.69 Å². The first kappa shape index (κ1) is 20.0. The van der Waals surface area contributed by atoms with Crippen LogP contribution in [0.2, 0.25) is 0 Å². The first-order valence-electron chi connectivity index (χ1n) is 9.22. The van der Waals surface area contributed by atoms with E-state index in [0.717, 1.165) is 39.8 Å². The van der Waals surface area contributed by atoms with E-state index in [-0.39, 0.29) is 5.91 Å². The highest BCUT2D eigenvalue weighted by atomic mass is 32.1. The monoisotopic (exact) mass is 395 g/mol. The van der Waals surface area contributed by atoms with Gasteiger partial charge in [-0.15, -0.1) is 11.3 Å². The van der Waals surface area contributed by atoms with Gasteiger partial charge < -0.3 is 15.0 Å².